The van der Waals surface area contributed by atoms with Gasteiger partial charge in [-0.15, -0.1) is 57.1 Å². The van der Waals surface area contributed by atoms with Crippen LogP contribution in [0.15, 0.2) is 364 Å². The molecule has 1 aliphatic rings. The molecule has 0 bridgehead atoms. The number of rotatable bonds is 8. The Balaban J connectivity index is 0.000000106. The fourth-order valence-corrected chi connectivity index (χ4v) is 21.6. The number of anilines is 1. The summed E-state index contributed by atoms with van der Waals surface area (Å²) in [6.45, 7) is 0. The summed E-state index contributed by atoms with van der Waals surface area (Å²) in [6.07, 6.45) is 0. The Labute approximate surface area is 691 Å². The number of hydrogen-bond donors (Lipinski definition) is 2. The van der Waals surface area contributed by atoms with E-state index in [1.807, 2.05) is 119 Å². The Morgan fingerprint density at radius 1 is 0.360 bits per heavy atom. The zero-order valence-electron chi connectivity index (χ0n) is 58.9. The first-order valence-electron chi connectivity index (χ1n) is 35.8. The van der Waals surface area contributed by atoms with Crippen molar-refractivity contribution in [2.24, 2.45) is 5.73 Å². The molecular formula is C96H62Br3ClN4O2S5. The Hall–Kier alpha value is -10.3. The average molecular weight is 1740 g/mol. The standard InChI is InChI=1S/C33H19NS2.C21H14BrNOS.C21H12BrNS.C14H13NS.C7H4BrClO/c1-2-13-26-24(12-1)30(34-31-27-14-4-6-18-29(27)36-33(26)31)21-10-7-9-20(19-21)22-15-8-16-25-23-11-3-5-17-28(23)35-32(22)25;22-16-10-6-9-15(13-16)21(24)23-19-17-11-4-5-12-18(17)25-20(19)14-7-2-1-3-8-14;22-14-7-5-6-13(12-14)19-15-8-1-2-9-16(15)21-20(23-19)17-10-3-4-11-18(17)24-21;15-13-11-8-4-5-9-12(11)16-14(13)10-6-2-1-3-7-10;8-6-3-1-2-5(4-6)7(9)10/h1-19H;1-13H,(H,23,24);1-12H;1-9,13-14H,15H2;1-4H. The summed E-state index contributed by atoms with van der Waals surface area (Å²) >= 11 is 24.5. The lowest BCUT2D eigenvalue weighted by Gasteiger charge is -2.15. The summed E-state index contributed by atoms with van der Waals surface area (Å²) in [5.41, 5.74) is 21.1. The van der Waals surface area contributed by atoms with Gasteiger partial charge in [0.05, 0.1) is 47.6 Å². The Bertz CT molecular complexity index is 6900. The zero-order valence-corrected chi connectivity index (χ0v) is 68.5. The molecule has 15 heteroatoms. The summed E-state index contributed by atoms with van der Waals surface area (Å²) in [5.74, 6) is -0.109. The van der Waals surface area contributed by atoms with Gasteiger partial charge in [-0.05, 0) is 118 Å². The fraction of sp³-hybridized carbons (Fsp3) is 0.0208. The molecule has 6 nitrogen and oxygen atoms in total. The lowest BCUT2D eigenvalue weighted by Crippen LogP contribution is -2.13. The summed E-state index contributed by atoms with van der Waals surface area (Å²) in [4.78, 5) is 36.1. The molecule has 21 rings (SSSR count). The highest BCUT2D eigenvalue weighted by Gasteiger charge is 2.31. The molecule has 0 saturated carbocycles. The topological polar surface area (TPSA) is 98.0 Å². The first-order valence-corrected chi connectivity index (χ1v) is 42.7. The number of thioether (sulfide) groups is 1. The fourth-order valence-electron chi connectivity index (χ4n) is 14.2. The quantitative estimate of drug-likeness (QED) is 0.147. The molecule has 0 saturated heterocycles. The highest BCUT2D eigenvalue weighted by molar-refractivity contribution is 9.11. The number of nitrogens with two attached hydrogens (primary N) is 1. The van der Waals surface area contributed by atoms with Crippen molar-refractivity contribution in [1.82, 2.24) is 9.97 Å². The number of pyridine rings is 2. The van der Waals surface area contributed by atoms with E-state index in [-0.39, 0.29) is 11.9 Å². The van der Waals surface area contributed by atoms with Crippen molar-refractivity contribution in [3.8, 4) is 44.1 Å². The second-order valence-corrected chi connectivity index (χ2v) is 34.8. The van der Waals surface area contributed by atoms with Crippen LogP contribution in [0.1, 0.15) is 43.1 Å². The molecule has 0 spiro atoms. The summed E-state index contributed by atoms with van der Waals surface area (Å²) in [6, 6.07) is 119. The Morgan fingerprint density at radius 3 is 1.35 bits per heavy atom. The molecule has 6 aromatic heterocycles. The van der Waals surface area contributed by atoms with Gasteiger partial charge in [-0.25, -0.2) is 9.97 Å². The molecule has 1 aliphatic heterocycles. The van der Waals surface area contributed by atoms with Crippen molar-refractivity contribution in [2.45, 2.75) is 16.2 Å². The number of thiophene rings is 4. The van der Waals surface area contributed by atoms with Gasteiger partial charge in [0.2, 0.25) is 0 Å². The summed E-state index contributed by atoms with van der Waals surface area (Å²) in [5, 5.41) is 14.2. The van der Waals surface area contributed by atoms with Gasteiger partial charge in [-0.3, -0.25) is 9.59 Å². The number of benzene rings is 14. The first-order chi connectivity index (χ1) is 54.4. The van der Waals surface area contributed by atoms with Crippen molar-refractivity contribution in [2.75, 3.05) is 5.32 Å². The minimum Gasteiger partial charge on any atom is -0.323 e. The number of carbonyl (C=O) groups is 2. The van der Waals surface area contributed by atoms with Crippen LogP contribution in [0.5, 0.6) is 0 Å². The van der Waals surface area contributed by atoms with Gasteiger partial charge in [-0.1, -0.05) is 315 Å². The molecule has 2 unspecified atom stereocenters. The molecule has 7 heterocycles. The highest BCUT2D eigenvalue weighted by Crippen LogP contribution is 2.52. The smallest absolute Gasteiger partial charge is 0.255 e. The number of aromatic nitrogens is 2. The molecular weight excluding hydrogens is 1680 g/mol. The highest BCUT2D eigenvalue weighted by atomic mass is 79.9. The minimum absolute atomic E-state index is 0.109. The van der Waals surface area contributed by atoms with Gasteiger partial charge >= 0.3 is 0 Å². The number of halogens is 4. The number of nitrogens with zero attached hydrogens (tertiary/aromatic N) is 2. The van der Waals surface area contributed by atoms with E-state index >= 15 is 0 Å². The zero-order chi connectivity index (χ0) is 75.5. The van der Waals surface area contributed by atoms with Crippen LogP contribution in [-0.2, 0) is 0 Å². The van der Waals surface area contributed by atoms with Crippen molar-refractivity contribution in [1.29, 1.82) is 0 Å². The average Bonchev–Trinajstić information content (AvgIpc) is 1.66. The van der Waals surface area contributed by atoms with Crippen LogP contribution in [-0.4, -0.2) is 21.1 Å². The second-order valence-electron chi connectivity index (χ2n) is 26.4. The van der Waals surface area contributed by atoms with Crippen molar-refractivity contribution in [3.63, 3.8) is 0 Å². The maximum atomic E-state index is 12.8. The Kier molecular flexibility index (Phi) is 21.8. The molecule has 14 aromatic carbocycles. The van der Waals surface area contributed by atoms with E-state index in [1.54, 1.807) is 29.5 Å². The molecule has 1 amide bonds. The van der Waals surface area contributed by atoms with Crippen LogP contribution in [0.3, 0.4) is 0 Å². The van der Waals surface area contributed by atoms with Crippen LogP contribution in [0.4, 0.5) is 5.69 Å². The van der Waals surface area contributed by atoms with Crippen LogP contribution in [0.2, 0.25) is 0 Å². The lowest BCUT2D eigenvalue weighted by molar-refractivity contribution is 0.102. The predicted molar refractivity (Wildman–Crippen MR) is 488 cm³/mol. The van der Waals surface area contributed by atoms with Crippen LogP contribution in [0.25, 0.3) is 136 Å². The molecule has 111 heavy (non-hydrogen) atoms. The SMILES string of the molecule is Brc1cccc(-c2nc3c4ccccc4sc3c3ccccc23)c1.NC1c2ccccc2SC1c1ccccc1.O=C(Cl)c1cccc(Br)c1.O=C(Nc1c(-c2ccccc2)sc2ccccc12)c1cccc(Br)c1.c1cc(-c2nc3c4ccccc4sc3c3ccccc23)cc(-c2cccc3c2sc2ccccc23)c1. The first kappa shape index (κ1) is 73.5. The molecule has 2 atom stereocenters. The van der Waals surface area contributed by atoms with Gasteiger partial charge in [0, 0.05) is 119 Å². The van der Waals surface area contributed by atoms with E-state index < -0.39 is 5.24 Å². The van der Waals surface area contributed by atoms with E-state index in [0.717, 1.165) is 73.2 Å². The molecule has 3 N–H and O–H groups in total. The molecule has 0 aliphatic carbocycles. The second kappa shape index (κ2) is 32.9. The molecule has 0 fully saturated rings. The maximum Gasteiger partial charge on any atom is 0.255 e. The lowest BCUT2D eigenvalue weighted by atomic mass is 9.97. The van der Waals surface area contributed by atoms with Crippen LogP contribution < -0.4 is 11.1 Å². The van der Waals surface area contributed by atoms with Gasteiger partial charge in [0.25, 0.3) is 11.1 Å². The normalized spacial score (nSPS) is 12.9. The number of fused-ring (bicyclic) bond motifs is 15. The monoisotopic (exact) mass is 1730 g/mol. The Morgan fingerprint density at radius 2 is 0.775 bits per heavy atom. The van der Waals surface area contributed by atoms with E-state index in [2.05, 4.69) is 308 Å². The number of nitrogens with one attached hydrogen (secondary N) is 1. The van der Waals surface area contributed by atoms with E-state index in [1.165, 1.54) is 98.4 Å². The number of carbonyl (C=O) groups excluding carboxylic acids is 2. The van der Waals surface area contributed by atoms with E-state index in [9.17, 15) is 9.59 Å². The largest absolute Gasteiger partial charge is 0.323 e. The third kappa shape index (κ3) is 15.4. The van der Waals surface area contributed by atoms with Crippen LogP contribution in [0, 0.1) is 0 Å². The van der Waals surface area contributed by atoms with Crippen molar-refractivity contribution < 1.29 is 9.59 Å². The van der Waals surface area contributed by atoms with Gasteiger partial charge < -0.3 is 11.1 Å². The van der Waals surface area contributed by atoms with Gasteiger partial charge in [0.1, 0.15) is 0 Å². The summed E-state index contributed by atoms with van der Waals surface area (Å²) in [7, 11) is 0. The molecule has 0 radical (unpaired) electrons. The minimum atomic E-state index is -0.429. The summed E-state index contributed by atoms with van der Waals surface area (Å²) < 4.78 is 11.8. The van der Waals surface area contributed by atoms with Crippen LogP contribution >= 0.6 is 116 Å². The number of hydrogen-bond acceptors (Lipinski definition) is 10. The van der Waals surface area contributed by atoms with E-state index in [4.69, 9.17) is 27.3 Å². The maximum absolute atomic E-state index is 12.8. The van der Waals surface area contributed by atoms with Crippen molar-refractivity contribution in [3.05, 3.63) is 381 Å². The predicted octanol–water partition coefficient (Wildman–Crippen LogP) is 30.3. The third-order valence-corrected chi connectivity index (χ3v) is 27.4. The third-order valence-electron chi connectivity index (χ3n) is 19.4. The van der Waals surface area contributed by atoms with E-state index in [0.29, 0.717) is 16.4 Å². The molecule has 20 aromatic rings. The van der Waals surface area contributed by atoms with Crippen molar-refractivity contribution >= 4 is 226 Å². The van der Waals surface area contributed by atoms with Gasteiger partial charge in [-0.2, -0.15) is 0 Å². The molecule has 536 valence electrons. The van der Waals surface area contributed by atoms with Gasteiger partial charge in [0.15, 0.2) is 0 Å². The number of amides is 1.